The van der Waals surface area contributed by atoms with Crippen molar-refractivity contribution in [2.75, 3.05) is 27.4 Å². The van der Waals surface area contributed by atoms with E-state index in [1.165, 1.54) is 26.4 Å². The molecule has 17 heavy (non-hydrogen) atoms. The molecule has 96 valence electrons. The smallest absolute Gasteiger partial charge is 0.504 e. The Bertz CT molecular complexity index is 275. The van der Waals surface area contributed by atoms with Crippen LogP contribution in [0, 0.1) is 0 Å². The van der Waals surface area contributed by atoms with Crippen LogP contribution in [0.3, 0.4) is 0 Å². The fraction of sp³-hybridized carbons (Fsp3) is 0.400. The Morgan fingerprint density at radius 3 is 1.88 bits per heavy atom. The van der Waals surface area contributed by atoms with E-state index in [0.717, 1.165) is 0 Å². The standard InChI is InChI=1S/C6H6O2.C4H12BNO3/c7-5-3-1-2-4-6(5)8;1-7-5(8-2)9-4-3-6/h1-4,7-8H;3-4,6H2,1-2H3. The quantitative estimate of drug-likeness (QED) is 0.509. The van der Waals surface area contributed by atoms with Crippen molar-refractivity contribution in [3.63, 3.8) is 0 Å². The number of phenols is 2. The Labute approximate surface area is 101 Å². The van der Waals surface area contributed by atoms with E-state index in [-0.39, 0.29) is 11.5 Å². The van der Waals surface area contributed by atoms with E-state index in [1.807, 2.05) is 0 Å². The summed E-state index contributed by atoms with van der Waals surface area (Å²) in [6, 6.07) is 6.15. The number of hydrogen-bond donors (Lipinski definition) is 3. The van der Waals surface area contributed by atoms with Crippen molar-refractivity contribution in [2.45, 2.75) is 0 Å². The van der Waals surface area contributed by atoms with Gasteiger partial charge in [0, 0.05) is 27.4 Å². The second kappa shape index (κ2) is 9.92. The highest BCUT2D eigenvalue weighted by molar-refractivity contribution is 6.36. The van der Waals surface area contributed by atoms with Crippen LogP contribution in [0.4, 0.5) is 0 Å². The molecule has 0 aliphatic heterocycles. The summed E-state index contributed by atoms with van der Waals surface area (Å²) < 4.78 is 14.3. The van der Waals surface area contributed by atoms with Crippen LogP contribution in [0.25, 0.3) is 0 Å². The lowest BCUT2D eigenvalue weighted by Gasteiger charge is -2.06. The highest BCUT2D eigenvalue weighted by Gasteiger charge is 2.15. The molecule has 0 saturated carbocycles. The average Bonchev–Trinajstić information content (AvgIpc) is 2.35. The first-order chi connectivity index (χ1) is 8.15. The van der Waals surface area contributed by atoms with Gasteiger partial charge in [-0.3, -0.25) is 0 Å². The lowest BCUT2D eigenvalue weighted by molar-refractivity contribution is 0.139. The first-order valence-electron chi connectivity index (χ1n) is 5.00. The number of hydrogen-bond acceptors (Lipinski definition) is 6. The minimum absolute atomic E-state index is 0.0764. The summed E-state index contributed by atoms with van der Waals surface area (Å²) in [6.45, 7) is 0.926. The molecule has 0 spiro atoms. The van der Waals surface area contributed by atoms with Crippen molar-refractivity contribution in [3.8, 4) is 11.5 Å². The molecule has 6 nitrogen and oxygen atoms in total. The predicted octanol–water partition coefficient (Wildman–Crippen LogP) is 0.337. The fourth-order valence-corrected chi connectivity index (χ4v) is 0.861. The van der Waals surface area contributed by atoms with Crippen LogP contribution in [-0.4, -0.2) is 44.9 Å². The molecule has 0 fully saturated rings. The molecule has 0 aromatic heterocycles. The van der Waals surface area contributed by atoms with Crippen molar-refractivity contribution in [3.05, 3.63) is 24.3 Å². The molecular weight excluding hydrogens is 225 g/mol. The third-order valence-corrected chi connectivity index (χ3v) is 1.64. The van der Waals surface area contributed by atoms with Crippen LogP contribution in [0.15, 0.2) is 24.3 Å². The number of para-hydroxylation sites is 2. The van der Waals surface area contributed by atoms with Gasteiger partial charge in [0.15, 0.2) is 11.5 Å². The van der Waals surface area contributed by atoms with Gasteiger partial charge in [-0.15, -0.1) is 0 Å². The van der Waals surface area contributed by atoms with Crippen LogP contribution in [-0.2, 0) is 14.0 Å². The van der Waals surface area contributed by atoms with Gasteiger partial charge in [0.25, 0.3) is 0 Å². The molecule has 1 aromatic rings. The van der Waals surface area contributed by atoms with Crippen LogP contribution in [0.2, 0.25) is 0 Å². The molecule has 0 unspecified atom stereocenters. The summed E-state index contributed by atoms with van der Waals surface area (Å²) in [5.74, 6) is -0.153. The van der Waals surface area contributed by atoms with Crippen LogP contribution >= 0.6 is 0 Å². The normalized spacial score (nSPS) is 9.35. The second-order valence-electron chi connectivity index (χ2n) is 2.91. The van der Waals surface area contributed by atoms with Gasteiger partial charge in [0.05, 0.1) is 0 Å². The number of benzene rings is 1. The van der Waals surface area contributed by atoms with Crippen molar-refractivity contribution in [1.29, 1.82) is 0 Å². The van der Waals surface area contributed by atoms with Crippen LogP contribution < -0.4 is 5.73 Å². The van der Waals surface area contributed by atoms with Crippen molar-refractivity contribution in [1.82, 2.24) is 0 Å². The number of aromatic hydroxyl groups is 2. The lowest BCUT2D eigenvalue weighted by Crippen LogP contribution is -2.26. The van der Waals surface area contributed by atoms with Gasteiger partial charge in [-0.1, -0.05) is 12.1 Å². The predicted molar refractivity (Wildman–Crippen MR) is 64.6 cm³/mol. The van der Waals surface area contributed by atoms with Crippen molar-refractivity contribution in [2.24, 2.45) is 5.73 Å². The second-order valence-corrected chi connectivity index (χ2v) is 2.91. The molecule has 0 aliphatic rings. The first kappa shape index (κ1) is 15.7. The maximum Gasteiger partial charge on any atom is 0.639 e. The maximum absolute atomic E-state index is 8.67. The van der Waals surface area contributed by atoms with E-state index in [4.69, 9.17) is 29.9 Å². The Kier molecular flexibility index (Phi) is 9.17. The van der Waals surface area contributed by atoms with Gasteiger partial charge in [0.2, 0.25) is 0 Å². The van der Waals surface area contributed by atoms with Gasteiger partial charge in [-0.2, -0.15) is 0 Å². The van der Waals surface area contributed by atoms with Gasteiger partial charge in [-0.05, 0) is 12.1 Å². The zero-order valence-corrected chi connectivity index (χ0v) is 10.00. The molecule has 0 radical (unpaired) electrons. The number of phenolic OH excluding ortho intramolecular Hbond substituents is 2. The van der Waals surface area contributed by atoms with E-state index in [1.54, 1.807) is 12.1 Å². The summed E-state index contributed by atoms with van der Waals surface area (Å²) in [7, 11) is 2.43. The van der Waals surface area contributed by atoms with E-state index in [9.17, 15) is 0 Å². The molecule has 0 heterocycles. The largest absolute Gasteiger partial charge is 0.639 e. The van der Waals surface area contributed by atoms with Crippen molar-refractivity contribution >= 4 is 7.32 Å². The number of nitrogens with two attached hydrogens (primary N) is 1. The molecule has 1 aromatic carbocycles. The van der Waals surface area contributed by atoms with E-state index in [0.29, 0.717) is 13.2 Å². The molecule has 0 saturated heterocycles. The summed E-state index contributed by atoms with van der Waals surface area (Å²) in [5.41, 5.74) is 5.15. The van der Waals surface area contributed by atoms with E-state index >= 15 is 0 Å². The minimum atomic E-state index is -0.575. The molecular formula is C10H18BNO5. The molecule has 7 heteroatoms. The Morgan fingerprint density at radius 1 is 1.12 bits per heavy atom. The highest BCUT2D eigenvalue weighted by Crippen LogP contribution is 2.21. The summed E-state index contributed by atoms with van der Waals surface area (Å²) in [4.78, 5) is 0. The Morgan fingerprint density at radius 2 is 1.59 bits per heavy atom. The summed E-state index contributed by atoms with van der Waals surface area (Å²) in [6.07, 6.45) is 0. The maximum atomic E-state index is 8.67. The lowest BCUT2D eigenvalue weighted by atomic mass is 10.2. The van der Waals surface area contributed by atoms with Gasteiger partial charge in [0.1, 0.15) is 0 Å². The van der Waals surface area contributed by atoms with Crippen LogP contribution in [0.1, 0.15) is 0 Å². The van der Waals surface area contributed by atoms with E-state index < -0.39 is 7.32 Å². The molecule has 0 bridgehead atoms. The monoisotopic (exact) mass is 243 g/mol. The molecule has 0 amide bonds. The zero-order valence-electron chi connectivity index (χ0n) is 10.00. The van der Waals surface area contributed by atoms with Gasteiger partial charge < -0.3 is 29.9 Å². The van der Waals surface area contributed by atoms with Crippen LogP contribution in [0.5, 0.6) is 11.5 Å². The summed E-state index contributed by atoms with van der Waals surface area (Å²) >= 11 is 0. The minimum Gasteiger partial charge on any atom is -0.504 e. The Hall–Kier alpha value is -1.28. The molecule has 0 atom stereocenters. The third kappa shape index (κ3) is 7.59. The van der Waals surface area contributed by atoms with Crippen molar-refractivity contribution < 1.29 is 24.2 Å². The first-order valence-corrected chi connectivity index (χ1v) is 5.00. The molecule has 0 aliphatic carbocycles. The SMILES string of the molecule is COB(OC)OCCN.Oc1ccccc1O. The average molecular weight is 243 g/mol. The third-order valence-electron chi connectivity index (χ3n) is 1.64. The molecule has 4 N–H and O–H groups in total. The van der Waals surface area contributed by atoms with Gasteiger partial charge in [-0.25, -0.2) is 0 Å². The van der Waals surface area contributed by atoms with E-state index in [2.05, 4.69) is 0 Å². The molecule has 1 rings (SSSR count). The zero-order chi connectivity index (χ0) is 13.1. The summed E-state index contributed by atoms with van der Waals surface area (Å²) in [5, 5.41) is 17.3. The van der Waals surface area contributed by atoms with Gasteiger partial charge >= 0.3 is 7.32 Å². The Balaban J connectivity index is 0.000000302. The fourth-order valence-electron chi connectivity index (χ4n) is 0.861. The highest BCUT2D eigenvalue weighted by atomic mass is 16.7. The number of rotatable bonds is 5. The topological polar surface area (TPSA) is 94.2 Å².